The Morgan fingerprint density at radius 2 is 2.17 bits per heavy atom. The van der Waals surface area contributed by atoms with Gasteiger partial charge in [0.05, 0.1) is 6.10 Å². The van der Waals surface area contributed by atoms with Gasteiger partial charge in [-0.15, -0.1) is 0 Å². The van der Waals surface area contributed by atoms with Gasteiger partial charge in [0.1, 0.15) is 0 Å². The molecule has 5 heteroatoms. The van der Waals surface area contributed by atoms with Crippen molar-refractivity contribution in [2.45, 2.75) is 46.6 Å². The number of hydrogen-bond donors (Lipinski definition) is 1. The molecule has 0 bridgehead atoms. The molecule has 18 heavy (non-hydrogen) atoms. The van der Waals surface area contributed by atoms with Gasteiger partial charge < -0.3 is 15.4 Å². The molecule has 0 spiro atoms. The fraction of sp³-hybridized carbons (Fsp3) is 0.769. The Morgan fingerprint density at radius 1 is 1.44 bits per heavy atom. The zero-order chi connectivity index (χ0) is 13.3. The number of rotatable bonds is 3. The molecule has 1 aromatic heterocycles. The number of nitrogens with zero attached hydrogens (tertiary/aromatic N) is 2. The quantitative estimate of drug-likeness (QED) is 0.916. The Kier molecular flexibility index (Phi) is 3.71. The van der Waals surface area contributed by atoms with E-state index in [2.05, 4.69) is 23.1 Å². The van der Waals surface area contributed by atoms with Gasteiger partial charge in [-0.2, -0.15) is 4.37 Å². The van der Waals surface area contributed by atoms with Crippen molar-refractivity contribution in [3.63, 3.8) is 0 Å². The maximum atomic E-state index is 5.91. The van der Waals surface area contributed by atoms with E-state index in [-0.39, 0.29) is 6.10 Å². The van der Waals surface area contributed by atoms with Crippen LogP contribution >= 0.6 is 11.5 Å². The third kappa shape index (κ3) is 2.88. The normalized spacial score (nSPS) is 19.3. The van der Waals surface area contributed by atoms with Crippen molar-refractivity contribution >= 4 is 22.4 Å². The predicted octanol–water partition coefficient (Wildman–Crippen LogP) is 3.14. The smallest absolute Gasteiger partial charge is 0.198 e. The van der Waals surface area contributed by atoms with E-state index in [1.54, 1.807) is 0 Å². The summed E-state index contributed by atoms with van der Waals surface area (Å²) in [5, 5.41) is 1.09. The molecular formula is C13H23N3OS. The summed E-state index contributed by atoms with van der Waals surface area (Å²) >= 11 is 1.45. The molecule has 2 N–H and O–H groups in total. The molecule has 2 heterocycles. The maximum absolute atomic E-state index is 5.91. The minimum Gasteiger partial charge on any atom is -0.484 e. The van der Waals surface area contributed by atoms with Gasteiger partial charge in [0, 0.05) is 13.1 Å². The molecule has 0 aliphatic carbocycles. The van der Waals surface area contributed by atoms with Gasteiger partial charge in [0.2, 0.25) is 0 Å². The lowest BCUT2D eigenvalue weighted by Gasteiger charge is -2.38. The molecule has 1 aliphatic heterocycles. The summed E-state index contributed by atoms with van der Waals surface area (Å²) in [7, 11) is 0. The number of nitrogens with two attached hydrogens (primary N) is 1. The maximum Gasteiger partial charge on any atom is 0.198 e. The van der Waals surface area contributed by atoms with Gasteiger partial charge in [-0.3, -0.25) is 0 Å². The average molecular weight is 269 g/mol. The monoisotopic (exact) mass is 269 g/mol. The molecule has 0 saturated carbocycles. The van der Waals surface area contributed by atoms with Crippen molar-refractivity contribution in [1.29, 1.82) is 0 Å². The highest BCUT2D eigenvalue weighted by molar-refractivity contribution is 7.11. The van der Waals surface area contributed by atoms with E-state index >= 15 is 0 Å². The van der Waals surface area contributed by atoms with Crippen LogP contribution in [-0.2, 0) is 0 Å². The first-order valence-electron chi connectivity index (χ1n) is 6.56. The largest absolute Gasteiger partial charge is 0.484 e. The van der Waals surface area contributed by atoms with E-state index in [1.165, 1.54) is 24.4 Å². The van der Waals surface area contributed by atoms with Crippen LogP contribution in [0.15, 0.2) is 0 Å². The summed E-state index contributed by atoms with van der Waals surface area (Å²) in [6, 6.07) is 0. The molecule has 1 aromatic rings. The highest BCUT2D eigenvalue weighted by Gasteiger charge is 2.30. The van der Waals surface area contributed by atoms with Crippen molar-refractivity contribution in [2.24, 2.45) is 5.41 Å². The molecule has 1 saturated heterocycles. The number of ether oxygens (including phenoxy) is 1. The molecule has 0 radical (unpaired) electrons. The van der Waals surface area contributed by atoms with E-state index in [9.17, 15) is 0 Å². The van der Waals surface area contributed by atoms with Gasteiger partial charge in [0.15, 0.2) is 16.6 Å². The van der Waals surface area contributed by atoms with Crippen molar-refractivity contribution in [3.8, 4) is 5.75 Å². The minimum atomic E-state index is 0.125. The average Bonchev–Trinajstić information content (AvgIpc) is 2.58. The molecule has 102 valence electrons. The van der Waals surface area contributed by atoms with Crippen LogP contribution < -0.4 is 15.4 Å². The Morgan fingerprint density at radius 3 is 2.78 bits per heavy atom. The van der Waals surface area contributed by atoms with Gasteiger partial charge in [-0.05, 0) is 43.6 Å². The molecule has 1 fully saturated rings. The van der Waals surface area contributed by atoms with E-state index in [0.29, 0.717) is 11.2 Å². The van der Waals surface area contributed by atoms with Crippen molar-refractivity contribution in [2.75, 3.05) is 23.7 Å². The molecular weight excluding hydrogens is 246 g/mol. The van der Waals surface area contributed by atoms with E-state index in [4.69, 9.17) is 10.5 Å². The predicted molar refractivity (Wildman–Crippen MR) is 77.5 cm³/mol. The first-order chi connectivity index (χ1) is 8.39. The fourth-order valence-electron chi connectivity index (χ4n) is 2.43. The van der Waals surface area contributed by atoms with Crippen LogP contribution in [0.5, 0.6) is 5.75 Å². The fourth-order valence-corrected chi connectivity index (χ4v) is 3.20. The zero-order valence-electron chi connectivity index (χ0n) is 11.7. The van der Waals surface area contributed by atoms with Crippen LogP contribution in [-0.4, -0.2) is 23.6 Å². The summed E-state index contributed by atoms with van der Waals surface area (Å²) in [6.07, 6.45) is 2.62. The lowest BCUT2D eigenvalue weighted by atomic mass is 9.84. The lowest BCUT2D eigenvalue weighted by Crippen LogP contribution is -2.39. The number of aromatic nitrogens is 1. The summed E-state index contributed by atoms with van der Waals surface area (Å²) in [4.78, 5) is 2.37. The Bertz CT molecular complexity index is 414. The Balaban J connectivity index is 2.22. The van der Waals surface area contributed by atoms with Gasteiger partial charge >= 0.3 is 0 Å². The summed E-state index contributed by atoms with van der Waals surface area (Å²) < 4.78 is 10.1. The molecule has 4 nitrogen and oxygen atoms in total. The molecule has 0 atom stereocenters. The van der Waals surface area contributed by atoms with Gasteiger partial charge in [-0.1, -0.05) is 13.8 Å². The second-order valence-corrected chi connectivity index (χ2v) is 6.81. The van der Waals surface area contributed by atoms with Crippen LogP contribution in [0.3, 0.4) is 0 Å². The highest BCUT2D eigenvalue weighted by atomic mass is 32.1. The van der Waals surface area contributed by atoms with Crippen LogP contribution in [0.1, 0.15) is 40.5 Å². The SMILES string of the molecule is CC(C)Oc1c(N)nsc1N1CCCC(C)(C)C1. The van der Waals surface area contributed by atoms with Gasteiger partial charge in [0.25, 0.3) is 0 Å². The topological polar surface area (TPSA) is 51.4 Å². The lowest BCUT2D eigenvalue weighted by molar-refractivity contribution is 0.242. The number of nitrogen functional groups attached to an aromatic ring is 1. The second-order valence-electron chi connectivity index (χ2n) is 6.06. The van der Waals surface area contributed by atoms with Crippen LogP contribution in [0.4, 0.5) is 10.8 Å². The Hall–Kier alpha value is -0.970. The molecule has 1 aliphatic rings. The minimum absolute atomic E-state index is 0.125. The molecule has 0 aromatic carbocycles. The van der Waals surface area contributed by atoms with E-state index in [0.717, 1.165) is 23.8 Å². The summed E-state index contributed by atoms with van der Waals surface area (Å²) in [5.74, 6) is 1.29. The van der Waals surface area contributed by atoms with Crippen molar-refractivity contribution < 1.29 is 4.74 Å². The van der Waals surface area contributed by atoms with Crippen LogP contribution in [0.2, 0.25) is 0 Å². The first-order valence-corrected chi connectivity index (χ1v) is 7.33. The second kappa shape index (κ2) is 4.96. The summed E-state index contributed by atoms with van der Waals surface area (Å²) in [6.45, 7) is 10.8. The number of piperidine rings is 1. The Labute approximate surface area is 113 Å². The molecule has 0 unspecified atom stereocenters. The van der Waals surface area contributed by atoms with Crippen LogP contribution in [0.25, 0.3) is 0 Å². The first kappa shape index (κ1) is 13.5. The third-order valence-electron chi connectivity index (χ3n) is 3.20. The van der Waals surface area contributed by atoms with E-state index < -0.39 is 0 Å². The standard InChI is InChI=1S/C13H23N3OS/c1-9(2)17-10-11(14)15-18-12(10)16-7-5-6-13(3,4)8-16/h9H,5-8H2,1-4H3,(H2,14,15). The van der Waals surface area contributed by atoms with Crippen molar-refractivity contribution in [1.82, 2.24) is 4.37 Å². The highest BCUT2D eigenvalue weighted by Crippen LogP contribution is 2.42. The molecule has 0 amide bonds. The van der Waals surface area contributed by atoms with Gasteiger partial charge in [-0.25, -0.2) is 0 Å². The molecule has 2 rings (SSSR count). The zero-order valence-corrected chi connectivity index (χ0v) is 12.5. The number of hydrogen-bond acceptors (Lipinski definition) is 5. The van der Waals surface area contributed by atoms with Crippen molar-refractivity contribution in [3.05, 3.63) is 0 Å². The van der Waals surface area contributed by atoms with Crippen LogP contribution in [0, 0.1) is 5.41 Å². The third-order valence-corrected chi connectivity index (χ3v) is 4.10. The van der Waals surface area contributed by atoms with E-state index in [1.807, 2.05) is 13.8 Å². The summed E-state index contributed by atoms with van der Waals surface area (Å²) in [5.41, 5.74) is 6.26. The number of anilines is 2.